The van der Waals surface area contributed by atoms with Gasteiger partial charge in [-0.3, -0.25) is 4.57 Å². The summed E-state index contributed by atoms with van der Waals surface area (Å²) in [6, 6.07) is 14.3. The maximum atomic E-state index is 13.1. The SMILES string of the molecule is C=CCn1c(S[C@@H](C)c2ccc(F)cc2)nnc1-c1ccccc1OC. The number of hydrogen-bond acceptors (Lipinski definition) is 4. The third-order valence-corrected chi connectivity index (χ3v) is 5.14. The van der Waals surface area contributed by atoms with Gasteiger partial charge in [0, 0.05) is 11.8 Å². The monoisotopic (exact) mass is 369 g/mol. The molecule has 0 aliphatic heterocycles. The highest BCUT2D eigenvalue weighted by atomic mass is 32.2. The van der Waals surface area contributed by atoms with E-state index in [9.17, 15) is 4.39 Å². The highest BCUT2D eigenvalue weighted by Gasteiger charge is 2.19. The molecule has 134 valence electrons. The Bertz CT molecular complexity index is 892. The Morgan fingerprint density at radius 2 is 1.92 bits per heavy atom. The zero-order valence-corrected chi connectivity index (χ0v) is 15.5. The van der Waals surface area contributed by atoms with Gasteiger partial charge in [-0.2, -0.15) is 0 Å². The minimum absolute atomic E-state index is 0.105. The first-order valence-corrected chi connectivity index (χ1v) is 9.11. The largest absolute Gasteiger partial charge is 0.496 e. The van der Waals surface area contributed by atoms with Crippen LogP contribution in [0, 0.1) is 5.82 Å². The van der Waals surface area contributed by atoms with E-state index in [1.165, 1.54) is 12.1 Å². The van der Waals surface area contributed by atoms with E-state index in [0.717, 1.165) is 27.9 Å². The molecule has 3 aromatic rings. The van der Waals surface area contributed by atoms with Gasteiger partial charge in [-0.05, 0) is 36.8 Å². The molecule has 0 aliphatic rings. The first-order chi connectivity index (χ1) is 12.6. The molecule has 6 heteroatoms. The van der Waals surface area contributed by atoms with Gasteiger partial charge in [0.25, 0.3) is 0 Å². The number of benzene rings is 2. The Balaban J connectivity index is 1.94. The molecule has 0 saturated heterocycles. The van der Waals surface area contributed by atoms with Crippen LogP contribution in [0.4, 0.5) is 4.39 Å². The number of rotatable bonds is 7. The first-order valence-electron chi connectivity index (χ1n) is 8.23. The van der Waals surface area contributed by atoms with Crippen molar-refractivity contribution in [3.05, 3.63) is 72.6 Å². The molecule has 1 aromatic heterocycles. The third kappa shape index (κ3) is 3.80. The molecule has 0 saturated carbocycles. The topological polar surface area (TPSA) is 39.9 Å². The van der Waals surface area contributed by atoms with Crippen molar-refractivity contribution in [3.63, 3.8) is 0 Å². The number of allylic oxidation sites excluding steroid dienone is 1. The van der Waals surface area contributed by atoms with Gasteiger partial charge in [-0.25, -0.2) is 4.39 Å². The first kappa shape index (κ1) is 18.2. The van der Waals surface area contributed by atoms with Crippen molar-refractivity contribution in [2.75, 3.05) is 7.11 Å². The van der Waals surface area contributed by atoms with E-state index in [-0.39, 0.29) is 11.1 Å². The Morgan fingerprint density at radius 3 is 2.62 bits per heavy atom. The second kappa shape index (κ2) is 8.19. The average molecular weight is 369 g/mol. The van der Waals surface area contributed by atoms with Crippen molar-refractivity contribution in [1.29, 1.82) is 0 Å². The molecule has 1 heterocycles. The minimum Gasteiger partial charge on any atom is -0.496 e. The minimum atomic E-state index is -0.237. The number of halogens is 1. The molecule has 0 amide bonds. The highest BCUT2D eigenvalue weighted by molar-refractivity contribution is 7.99. The summed E-state index contributed by atoms with van der Waals surface area (Å²) in [5.41, 5.74) is 1.91. The molecule has 0 bridgehead atoms. The predicted octanol–water partition coefficient (Wildman–Crippen LogP) is 5.13. The molecular formula is C20H20FN3OS. The molecule has 26 heavy (non-hydrogen) atoms. The van der Waals surface area contributed by atoms with Gasteiger partial charge in [0.1, 0.15) is 11.6 Å². The lowest BCUT2D eigenvalue weighted by Crippen LogP contribution is -2.02. The van der Waals surface area contributed by atoms with Crippen LogP contribution in [0.5, 0.6) is 5.75 Å². The van der Waals surface area contributed by atoms with Gasteiger partial charge < -0.3 is 4.74 Å². The van der Waals surface area contributed by atoms with Crippen LogP contribution in [0.25, 0.3) is 11.4 Å². The average Bonchev–Trinajstić information content (AvgIpc) is 3.04. The Labute approximate surface area is 156 Å². The van der Waals surface area contributed by atoms with Crippen molar-refractivity contribution in [2.45, 2.75) is 23.9 Å². The van der Waals surface area contributed by atoms with Gasteiger partial charge in [0.05, 0.1) is 12.7 Å². The Hall–Kier alpha value is -2.60. The van der Waals surface area contributed by atoms with Crippen LogP contribution in [-0.2, 0) is 6.54 Å². The number of aromatic nitrogens is 3. The fraction of sp³-hybridized carbons (Fsp3) is 0.200. The molecule has 0 N–H and O–H groups in total. The van der Waals surface area contributed by atoms with Gasteiger partial charge in [0.15, 0.2) is 11.0 Å². The summed E-state index contributed by atoms with van der Waals surface area (Å²) in [7, 11) is 1.64. The van der Waals surface area contributed by atoms with Gasteiger partial charge in [-0.1, -0.05) is 42.1 Å². The van der Waals surface area contributed by atoms with E-state index >= 15 is 0 Å². The summed E-state index contributed by atoms with van der Waals surface area (Å²) in [5, 5.41) is 9.63. The van der Waals surface area contributed by atoms with Crippen LogP contribution in [0.15, 0.2) is 66.3 Å². The lowest BCUT2D eigenvalue weighted by molar-refractivity contribution is 0.416. The van der Waals surface area contributed by atoms with Crippen LogP contribution in [0.1, 0.15) is 17.7 Å². The molecule has 2 aromatic carbocycles. The van der Waals surface area contributed by atoms with Gasteiger partial charge >= 0.3 is 0 Å². The summed E-state index contributed by atoms with van der Waals surface area (Å²) in [4.78, 5) is 0. The lowest BCUT2D eigenvalue weighted by Gasteiger charge is -2.13. The number of ether oxygens (including phenoxy) is 1. The van der Waals surface area contributed by atoms with Crippen LogP contribution in [0.3, 0.4) is 0 Å². The quantitative estimate of drug-likeness (QED) is 0.427. The molecule has 3 rings (SSSR count). The van der Waals surface area contributed by atoms with E-state index in [1.54, 1.807) is 31.0 Å². The molecule has 0 unspecified atom stereocenters. The fourth-order valence-corrected chi connectivity index (χ4v) is 3.64. The third-order valence-electron chi connectivity index (χ3n) is 4.00. The molecule has 1 atom stereocenters. The van der Waals surface area contributed by atoms with Crippen LogP contribution in [-0.4, -0.2) is 21.9 Å². The fourth-order valence-electron chi connectivity index (χ4n) is 2.66. The van der Waals surface area contributed by atoms with Crippen molar-refractivity contribution in [1.82, 2.24) is 14.8 Å². The van der Waals surface area contributed by atoms with Crippen LogP contribution in [0.2, 0.25) is 0 Å². The Kier molecular flexibility index (Phi) is 5.73. The number of nitrogens with zero attached hydrogens (tertiary/aromatic N) is 3. The second-order valence-electron chi connectivity index (χ2n) is 5.72. The lowest BCUT2D eigenvalue weighted by atomic mass is 10.2. The molecule has 0 fully saturated rings. The Morgan fingerprint density at radius 1 is 1.19 bits per heavy atom. The van der Waals surface area contributed by atoms with Gasteiger partial charge in [0.2, 0.25) is 0 Å². The van der Waals surface area contributed by atoms with Gasteiger partial charge in [-0.15, -0.1) is 16.8 Å². The molecule has 0 spiro atoms. The van der Waals surface area contributed by atoms with Crippen molar-refractivity contribution < 1.29 is 9.13 Å². The zero-order valence-electron chi connectivity index (χ0n) is 14.7. The van der Waals surface area contributed by atoms with Crippen molar-refractivity contribution >= 4 is 11.8 Å². The summed E-state index contributed by atoms with van der Waals surface area (Å²) in [6.45, 7) is 6.49. The normalized spacial score (nSPS) is 12.0. The van der Waals surface area contributed by atoms with Crippen LogP contribution < -0.4 is 4.74 Å². The number of thioether (sulfide) groups is 1. The van der Waals surface area contributed by atoms with E-state index in [1.807, 2.05) is 34.9 Å². The maximum Gasteiger partial charge on any atom is 0.192 e. The summed E-state index contributed by atoms with van der Waals surface area (Å²) in [5.74, 6) is 1.24. The number of para-hydroxylation sites is 1. The van der Waals surface area contributed by atoms with Crippen LogP contribution >= 0.6 is 11.8 Å². The summed E-state index contributed by atoms with van der Waals surface area (Å²) in [6.07, 6.45) is 1.81. The molecule has 0 aliphatic carbocycles. The molecular weight excluding hydrogens is 349 g/mol. The smallest absolute Gasteiger partial charge is 0.192 e. The zero-order chi connectivity index (χ0) is 18.5. The van der Waals surface area contributed by atoms with Crippen molar-refractivity contribution in [2.24, 2.45) is 0 Å². The molecule has 4 nitrogen and oxygen atoms in total. The standard InChI is InChI=1S/C20H20FN3OS/c1-4-13-24-19(17-7-5-6-8-18(17)25-3)22-23-20(24)26-14(2)15-9-11-16(21)12-10-15/h4-12,14H,1,13H2,2-3H3/t14-/m0/s1. The van der Waals surface area contributed by atoms with E-state index in [4.69, 9.17) is 4.74 Å². The van der Waals surface area contributed by atoms with Crippen molar-refractivity contribution in [3.8, 4) is 17.1 Å². The summed E-state index contributed by atoms with van der Waals surface area (Å²) >= 11 is 1.58. The maximum absolute atomic E-state index is 13.1. The molecule has 0 radical (unpaired) electrons. The van der Waals surface area contributed by atoms with E-state index in [0.29, 0.717) is 6.54 Å². The predicted molar refractivity (Wildman–Crippen MR) is 103 cm³/mol. The van der Waals surface area contributed by atoms with E-state index < -0.39 is 0 Å². The summed E-state index contributed by atoms with van der Waals surface area (Å²) < 4.78 is 20.6. The highest BCUT2D eigenvalue weighted by Crippen LogP contribution is 2.37. The van der Waals surface area contributed by atoms with E-state index in [2.05, 4.69) is 23.7 Å². The number of hydrogen-bond donors (Lipinski definition) is 0. The number of methoxy groups -OCH3 is 1. The second-order valence-corrected chi connectivity index (χ2v) is 7.03.